The largest absolute Gasteiger partial charge is 0.356 e. The summed E-state index contributed by atoms with van der Waals surface area (Å²) < 4.78 is 52.9. The quantitative estimate of drug-likeness (QED) is 0.665. The van der Waals surface area contributed by atoms with Gasteiger partial charge in [-0.1, -0.05) is 0 Å². The standard InChI is InChI=1S/C18H20F2N4O3S/c1-2-3-5-18(22-23-18)6-7-21-17(25)13-4-8-24(12-13)28(26,27)16-10-14(19)9-15(20)11-16/h1,9-11,13H,3-8,12H2,(H,21,25). The fourth-order valence-electron chi connectivity index (χ4n) is 3.19. The number of benzene rings is 1. The van der Waals surface area contributed by atoms with E-state index in [9.17, 15) is 22.0 Å². The lowest BCUT2D eigenvalue weighted by Crippen LogP contribution is -2.36. The number of amides is 1. The highest BCUT2D eigenvalue weighted by atomic mass is 32.2. The minimum atomic E-state index is -4.07. The monoisotopic (exact) mass is 410 g/mol. The predicted molar refractivity (Wildman–Crippen MR) is 96.5 cm³/mol. The number of rotatable bonds is 8. The van der Waals surface area contributed by atoms with Gasteiger partial charge in [-0.3, -0.25) is 4.79 Å². The van der Waals surface area contributed by atoms with E-state index in [1.807, 2.05) is 0 Å². The molecule has 1 aromatic rings. The van der Waals surface area contributed by atoms with E-state index in [2.05, 4.69) is 21.5 Å². The van der Waals surface area contributed by atoms with Crippen molar-refractivity contribution >= 4 is 15.9 Å². The number of hydrogen-bond acceptors (Lipinski definition) is 5. The van der Waals surface area contributed by atoms with Gasteiger partial charge >= 0.3 is 0 Å². The Morgan fingerprint density at radius 2 is 1.96 bits per heavy atom. The van der Waals surface area contributed by atoms with Gasteiger partial charge in [0.05, 0.1) is 10.8 Å². The summed E-state index contributed by atoms with van der Waals surface area (Å²) in [6.07, 6.45) is 7.29. The van der Waals surface area contributed by atoms with E-state index < -0.39 is 38.1 Å². The number of carbonyl (C=O) groups excluding carboxylic acids is 1. The van der Waals surface area contributed by atoms with Gasteiger partial charge < -0.3 is 5.32 Å². The maximum absolute atomic E-state index is 13.4. The molecule has 0 saturated carbocycles. The van der Waals surface area contributed by atoms with Crippen LogP contribution in [0.1, 0.15) is 25.7 Å². The Morgan fingerprint density at radius 3 is 2.57 bits per heavy atom. The molecular weight excluding hydrogens is 390 g/mol. The van der Waals surface area contributed by atoms with Crippen LogP contribution in [0.4, 0.5) is 8.78 Å². The minimum absolute atomic E-state index is 0.0384. The first-order valence-corrected chi connectivity index (χ1v) is 10.3. The maximum atomic E-state index is 13.4. The lowest BCUT2D eigenvalue weighted by Gasteiger charge is -2.17. The van der Waals surface area contributed by atoms with Crippen LogP contribution in [0, 0.1) is 29.9 Å². The van der Waals surface area contributed by atoms with Crippen LogP contribution in [0.15, 0.2) is 33.3 Å². The van der Waals surface area contributed by atoms with Crippen molar-refractivity contribution in [2.24, 2.45) is 16.1 Å². The van der Waals surface area contributed by atoms with Gasteiger partial charge in [0.25, 0.3) is 0 Å². The molecule has 1 fully saturated rings. The molecule has 3 rings (SSSR count). The number of nitrogens with one attached hydrogen (secondary N) is 1. The summed E-state index contributed by atoms with van der Waals surface area (Å²) in [5.41, 5.74) is -0.494. The van der Waals surface area contributed by atoms with Crippen molar-refractivity contribution in [3.63, 3.8) is 0 Å². The Kier molecular flexibility index (Phi) is 5.76. The number of halogens is 2. The van der Waals surface area contributed by atoms with Crippen molar-refractivity contribution in [3.8, 4) is 12.3 Å². The van der Waals surface area contributed by atoms with Crippen LogP contribution in [0.2, 0.25) is 0 Å². The number of nitrogens with zero attached hydrogens (tertiary/aromatic N) is 3. The number of carbonyl (C=O) groups is 1. The van der Waals surface area contributed by atoms with E-state index >= 15 is 0 Å². The molecule has 1 N–H and O–H groups in total. The van der Waals surface area contributed by atoms with Gasteiger partial charge in [0.1, 0.15) is 11.6 Å². The SMILES string of the molecule is C#CCCC1(CCNC(=O)C2CCN(S(=O)(=O)c3cc(F)cc(F)c3)C2)N=N1. The van der Waals surface area contributed by atoms with E-state index in [0.29, 0.717) is 38.3 Å². The van der Waals surface area contributed by atoms with Crippen molar-refractivity contribution in [3.05, 3.63) is 29.8 Å². The molecule has 28 heavy (non-hydrogen) atoms. The smallest absolute Gasteiger partial charge is 0.243 e. The van der Waals surface area contributed by atoms with Gasteiger partial charge in [-0.15, -0.1) is 12.3 Å². The molecule has 0 spiro atoms. The topological polar surface area (TPSA) is 91.2 Å². The van der Waals surface area contributed by atoms with Gasteiger partial charge in [0, 0.05) is 45.0 Å². The first kappa shape index (κ1) is 20.4. The molecular formula is C18H20F2N4O3S. The lowest BCUT2D eigenvalue weighted by molar-refractivity contribution is -0.124. The number of terminal acetylenes is 1. The van der Waals surface area contributed by atoms with Gasteiger partial charge in [-0.2, -0.15) is 14.5 Å². The summed E-state index contributed by atoms with van der Waals surface area (Å²) in [6, 6.07) is 2.14. The van der Waals surface area contributed by atoms with E-state index in [-0.39, 0.29) is 19.0 Å². The second-order valence-corrected chi connectivity index (χ2v) is 8.82. The highest BCUT2D eigenvalue weighted by molar-refractivity contribution is 7.89. The minimum Gasteiger partial charge on any atom is -0.356 e. The highest BCUT2D eigenvalue weighted by Crippen LogP contribution is 2.36. The third-order valence-corrected chi connectivity index (χ3v) is 6.72. The van der Waals surface area contributed by atoms with Crippen molar-refractivity contribution in [2.45, 2.75) is 36.2 Å². The lowest BCUT2D eigenvalue weighted by atomic mass is 10.0. The fourth-order valence-corrected chi connectivity index (χ4v) is 4.73. The van der Waals surface area contributed by atoms with Gasteiger partial charge in [0.2, 0.25) is 15.9 Å². The molecule has 0 bridgehead atoms. The average Bonchev–Trinajstić information content (AvgIpc) is 3.21. The number of sulfonamides is 1. The summed E-state index contributed by atoms with van der Waals surface area (Å²) in [6.45, 7) is 0.424. The first-order valence-electron chi connectivity index (χ1n) is 8.87. The second kappa shape index (κ2) is 7.93. The normalized spacial score (nSPS) is 20.7. The summed E-state index contributed by atoms with van der Waals surface area (Å²) in [4.78, 5) is 11.9. The molecule has 1 aromatic carbocycles. The van der Waals surface area contributed by atoms with E-state index in [1.54, 1.807) is 0 Å². The molecule has 0 aromatic heterocycles. The average molecular weight is 410 g/mol. The molecule has 2 aliphatic rings. The molecule has 1 amide bonds. The molecule has 150 valence electrons. The van der Waals surface area contributed by atoms with Crippen LogP contribution in [0.3, 0.4) is 0 Å². The van der Waals surface area contributed by atoms with Gasteiger partial charge in [0.15, 0.2) is 5.66 Å². The van der Waals surface area contributed by atoms with Crippen LogP contribution >= 0.6 is 0 Å². The molecule has 1 unspecified atom stereocenters. The zero-order valence-electron chi connectivity index (χ0n) is 15.1. The Bertz CT molecular complexity index is 916. The van der Waals surface area contributed by atoms with Crippen LogP contribution in [0.25, 0.3) is 0 Å². The van der Waals surface area contributed by atoms with Crippen molar-refractivity contribution in [1.82, 2.24) is 9.62 Å². The second-order valence-electron chi connectivity index (χ2n) is 6.88. The zero-order chi connectivity index (χ0) is 20.4. The molecule has 2 aliphatic heterocycles. The van der Waals surface area contributed by atoms with E-state index in [4.69, 9.17) is 6.42 Å². The summed E-state index contributed by atoms with van der Waals surface area (Å²) in [7, 11) is -4.07. The predicted octanol–water partition coefficient (Wildman–Crippen LogP) is 2.06. The van der Waals surface area contributed by atoms with Crippen LogP contribution in [-0.2, 0) is 14.8 Å². The Hall–Kier alpha value is -2.38. The molecule has 10 heteroatoms. The first-order chi connectivity index (χ1) is 13.3. The third-order valence-electron chi connectivity index (χ3n) is 4.87. The summed E-state index contributed by atoms with van der Waals surface area (Å²) >= 11 is 0. The zero-order valence-corrected chi connectivity index (χ0v) is 15.9. The Labute approximate surface area is 162 Å². The van der Waals surface area contributed by atoms with Crippen molar-refractivity contribution < 1.29 is 22.0 Å². The Morgan fingerprint density at radius 1 is 1.29 bits per heavy atom. The fraction of sp³-hybridized carbons (Fsp3) is 0.500. The van der Waals surface area contributed by atoms with Crippen molar-refractivity contribution in [2.75, 3.05) is 19.6 Å². The molecule has 0 radical (unpaired) electrons. The molecule has 2 heterocycles. The Balaban J connectivity index is 1.53. The van der Waals surface area contributed by atoms with Crippen molar-refractivity contribution in [1.29, 1.82) is 0 Å². The van der Waals surface area contributed by atoms with Crippen LogP contribution < -0.4 is 5.32 Å². The summed E-state index contributed by atoms with van der Waals surface area (Å²) in [5, 5.41) is 10.7. The van der Waals surface area contributed by atoms with Crippen LogP contribution in [-0.4, -0.2) is 43.9 Å². The molecule has 7 nitrogen and oxygen atoms in total. The van der Waals surface area contributed by atoms with E-state index in [0.717, 1.165) is 16.4 Å². The molecule has 1 saturated heterocycles. The van der Waals surface area contributed by atoms with E-state index in [1.165, 1.54) is 0 Å². The van der Waals surface area contributed by atoms with Crippen LogP contribution in [0.5, 0.6) is 0 Å². The number of hydrogen-bond donors (Lipinski definition) is 1. The summed E-state index contributed by atoms with van der Waals surface area (Å²) in [5.74, 6) is -0.204. The highest BCUT2D eigenvalue weighted by Gasteiger charge is 2.40. The maximum Gasteiger partial charge on any atom is 0.243 e. The van der Waals surface area contributed by atoms with Gasteiger partial charge in [-0.05, 0) is 18.6 Å². The molecule has 1 atom stereocenters. The molecule has 0 aliphatic carbocycles. The third kappa shape index (κ3) is 4.54. The van der Waals surface area contributed by atoms with Gasteiger partial charge in [-0.25, -0.2) is 17.2 Å².